The van der Waals surface area contributed by atoms with Crippen LogP contribution in [0.5, 0.6) is 0 Å². The molecule has 0 spiro atoms. The van der Waals surface area contributed by atoms with Crippen LogP contribution in [0.2, 0.25) is 0 Å². The van der Waals surface area contributed by atoms with Gasteiger partial charge in [-0.25, -0.2) is 23.5 Å². The monoisotopic (exact) mass is 480 g/mol. The molecule has 1 amide bonds. The fraction of sp³-hybridized carbons (Fsp3) is 0.267. The van der Waals surface area contributed by atoms with Crippen molar-refractivity contribution in [1.82, 2.24) is 9.97 Å². The van der Waals surface area contributed by atoms with Crippen molar-refractivity contribution in [2.75, 3.05) is 11.1 Å². The Bertz CT molecular complexity index is 755. The lowest BCUT2D eigenvalue weighted by Gasteiger charge is -2.19. The van der Waals surface area contributed by atoms with Gasteiger partial charge in [0.15, 0.2) is 11.6 Å². The van der Waals surface area contributed by atoms with Crippen LogP contribution in [0, 0.1) is 11.6 Å². The summed E-state index contributed by atoms with van der Waals surface area (Å²) >= 11 is 5.80. The summed E-state index contributed by atoms with van der Waals surface area (Å²) in [5, 5.41) is 2.40. The third-order valence-corrected chi connectivity index (χ3v) is 3.37. The van der Waals surface area contributed by atoms with E-state index in [0.717, 1.165) is 0 Å². The van der Waals surface area contributed by atoms with Crippen molar-refractivity contribution in [1.29, 1.82) is 0 Å². The molecule has 0 atom stereocenters. The largest absolute Gasteiger partial charge is 0.444 e. The second kappa shape index (κ2) is 9.04. The Balaban J connectivity index is 0.000000293. The number of pyridine rings is 2. The third kappa shape index (κ3) is 8.21. The minimum atomic E-state index is -0.626. The number of hydrogen-bond acceptors (Lipinski definition) is 5. The lowest BCUT2D eigenvalue weighted by atomic mass is 10.2. The summed E-state index contributed by atoms with van der Waals surface area (Å²) in [6.45, 7) is 5.25. The van der Waals surface area contributed by atoms with Crippen molar-refractivity contribution in [2.24, 2.45) is 0 Å². The van der Waals surface area contributed by atoms with E-state index < -0.39 is 23.3 Å². The van der Waals surface area contributed by atoms with Gasteiger partial charge in [0.25, 0.3) is 0 Å². The minimum absolute atomic E-state index is 0.0426. The van der Waals surface area contributed by atoms with E-state index in [1.807, 2.05) is 0 Å². The number of nitrogens with one attached hydrogen (secondary N) is 1. The molecule has 0 unspecified atom stereocenters. The van der Waals surface area contributed by atoms with Crippen LogP contribution < -0.4 is 11.1 Å². The molecule has 3 N–H and O–H groups in total. The highest BCUT2D eigenvalue weighted by Gasteiger charge is 2.16. The van der Waals surface area contributed by atoms with Crippen LogP contribution in [0.25, 0.3) is 0 Å². The molecule has 0 aliphatic heterocycles. The molecule has 0 fully saturated rings. The number of nitrogens with two attached hydrogens (primary N) is 1. The highest BCUT2D eigenvalue weighted by Crippen LogP contribution is 2.16. The molecule has 6 nitrogen and oxygen atoms in total. The van der Waals surface area contributed by atoms with Crippen LogP contribution >= 0.6 is 31.9 Å². The standard InChI is InChI=1S/C10H12BrFN2O2.C5H4BrFN2/c1-10(2,3)16-9(15)14-7-5-4-6(12)8(11)13-7;6-5-3(7)1-2-4(8)9-5/h4-5H,1-3H3,(H,13,14,15);1-2H,(H2,8,9). The van der Waals surface area contributed by atoms with E-state index in [1.165, 1.54) is 24.3 Å². The number of carbonyl (C=O) groups is 1. The molecule has 0 aliphatic rings. The van der Waals surface area contributed by atoms with Gasteiger partial charge >= 0.3 is 6.09 Å². The van der Waals surface area contributed by atoms with E-state index in [-0.39, 0.29) is 15.0 Å². The number of halogens is 4. The van der Waals surface area contributed by atoms with Crippen molar-refractivity contribution in [3.8, 4) is 0 Å². The Labute approximate surface area is 160 Å². The molecule has 136 valence electrons. The van der Waals surface area contributed by atoms with Crippen LogP contribution in [0.1, 0.15) is 20.8 Å². The molecule has 0 radical (unpaired) electrons. The Morgan fingerprint density at radius 2 is 1.60 bits per heavy atom. The molecular formula is C15H16Br2F2N4O2. The fourth-order valence-corrected chi connectivity index (χ4v) is 1.99. The van der Waals surface area contributed by atoms with Gasteiger partial charge in [-0.2, -0.15) is 0 Å². The quantitative estimate of drug-likeness (QED) is 0.565. The van der Waals surface area contributed by atoms with Gasteiger partial charge < -0.3 is 10.5 Å². The Hall–Kier alpha value is -1.81. The molecule has 10 heteroatoms. The predicted molar refractivity (Wildman–Crippen MR) is 98.1 cm³/mol. The molecule has 0 saturated heterocycles. The smallest absolute Gasteiger partial charge is 0.413 e. The van der Waals surface area contributed by atoms with Crippen molar-refractivity contribution in [2.45, 2.75) is 26.4 Å². The van der Waals surface area contributed by atoms with Gasteiger partial charge in [-0.3, -0.25) is 5.32 Å². The fourth-order valence-electron chi connectivity index (χ4n) is 1.33. The molecule has 2 rings (SSSR count). The average molecular weight is 482 g/mol. The minimum Gasteiger partial charge on any atom is -0.444 e. The van der Waals surface area contributed by atoms with E-state index >= 15 is 0 Å². The Kier molecular flexibility index (Phi) is 7.68. The van der Waals surface area contributed by atoms with Crippen LogP contribution in [-0.4, -0.2) is 21.7 Å². The van der Waals surface area contributed by atoms with Gasteiger partial charge in [-0.05, 0) is 76.9 Å². The first kappa shape index (κ1) is 21.2. The zero-order valence-corrected chi connectivity index (χ0v) is 16.8. The number of nitrogens with zero attached hydrogens (tertiary/aromatic N) is 2. The first-order valence-electron chi connectivity index (χ1n) is 6.87. The van der Waals surface area contributed by atoms with Gasteiger partial charge in [0.1, 0.15) is 26.4 Å². The van der Waals surface area contributed by atoms with Gasteiger partial charge in [-0.15, -0.1) is 0 Å². The molecule has 0 bridgehead atoms. The lowest BCUT2D eigenvalue weighted by molar-refractivity contribution is 0.0635. The first-order chi connectivity index (χ1) is 11.5. The molecule has 2 heterocycles. The average Bonchev–Trinajstić information content (AvgIpc) is 2.46. The molecule has 0 saturated carbocycles. The molecule has 2 aromatic heterocycles. The topological polar surface area (TPSA) is 90.1 Å². The molecule has 0 aliphatic carbocycles. The summed E-state index contributed by atoms with van der Waals surface area (Å²) in [5.74, 6) is -0.357. The van der Waals surface area contributed by atoms with Crippen molar-refractivity contribution < 1.29 is 18.3 Å². The van der Waals surface area contributed by atoms with Gasteiger partial charge in [0.2, 0.25) is 0 Å². The Morgan fingerprint density at radius 3 is 2.04 bits per heavy atom. The van der Waals surface area contributed by atoms with Crippen LogP contribution in [0.3, 0.4) is 0 Å². The molecular weight excluding hydrogens is 466 g/mol. The number of hydrogen-bond donors (Lipinski definition) is 2. The maximum absolute atomic E-state index is 12.9. The number of nitrogen functional groups attached to an aromatic ring is 1. The predicted octanol–water partition coefficient (Wildman–Crippen LogP) is 4.90. The summed E-state index contributed by atoms with van der Waals surface area (Å²) < 4.78 is 30.4. The molecule has 25 heavy (non-hydrogen) atoms. The van der Waals surface area contributed by atoms with E-state index in [0.29, 0.717) is 5.82 Å². The second-order valence-corrected chi connectivity index (χ2v) is 7.11. The van der Waals surface area contributed by atoms with Gasteiger partial charge in [0.05, 0.1) is 0 Å². The number of ether oxygens (including phenoxy) is 1. The van der Waals surface area contributed by atoms with Gasteiger partial charge in [-0.1, -0.05) is 0 Å². The lowest BCUT2D eigenvalue weighted by Crippen LogP contribution is -2.27. The first-order valence-corrected chi connectivity index (χ1v) is 8.46. The van der Waals surface area contributed by atoms with E-state index in [1.54, 1.807) is 20.8 Å². The zero-order valence-electron chi connectivity index (χ0n) is 13.6. The van der Waals surface area contributed by atoms with Crippen LogP contribution in [0.4, 0.5) is 25.2 Å². The van der Waals surface area contributed by atoms with Gasteiger partial charge in [0, 0.05) is 0 Å². The Morgan fingerprint density at radius 1 is 1.08 bits per heavy atom. The highest BCUT2D eigenvalue weighted by molar-refractivity contribution is 9.10. The summed E-state index contributed by atoms with van der Waals surface area (Å²) in [5.41, 5.74) is 4.64. The number of aromatic nitrogens is 2. The number of amides is 1. The summed E-state index contributed by atoms with van der Waals surface area (Å²) in [6.07, 6.45) is -0.626. The molecule has 0 aromatic carbocycles. The SMILES string of the molecule is CC(C)(C)OC(=O)Nc1ccc(F)c(Br)n1.Nc1ccc(F)c(Br)n1. The maximum atomic E-state index is 12.9. The molecule has 2 aromatic rings. The highest BCUT2D eigenvalue weighted by atomic mass is 79.9. The third-order valence-electron chi connectivity index (χ3n) is 2.26. The van der Waals surface area contributed by atoms with Crippen LogP contribution in [-0.2, 0) is 4.74 Å². The normalized spacial score (nSPS) is 10.5. The summed E-state index contributed by atoms with van der Waals surface area (Å²) in [7, 11) is 0. The van der Waals surface area contributed by atoms with E-state index in [2.05, 4.69) is 47.1 Å². The zero-order chi connectivity index (χ0) is 19.2. The summed E-state index contributed by atoms with van der Waals surface area (Å²) in [6, 6.07) is 5.21. The second-order valence-electron chi connectivity index (χ2n) is 5.60. The number of anilines is 2. The van der Waals surface area contributed by atoms with E-state index in [4.69, 9.17) is 10.5 Å². The number of rotatable bonds is 1. The maximum Gasteiger partial charge on any atom is 0.413 e. The van der Waals surface area contributed by atoms with E-state index in [9.17, 15) is 13.6 Å². The number of carbonyl (C=O) groups excluding carboxylic acids is 1. The van der Waals surface area contributed by atoms with Crippen molar-refractivity contribution in [3.05, 3.63) is 45.1 Å². The van der Waals surface area contributed by atoms with Crippen molar-refractivity contribution in [3.63, 3.8) is 0 Å². The summed E-state index contributed by atoms with van der Waals surface area (Å²) in [4.78, 5) is 18.7. The van der Waals surface area contributed by atoms with Crippen molar-refractivity contribution >= 4 is 49.6 Å². The van der Waals surface area contributed by atoms with Crippen LogP contribution in [0.15, 0.2) is 33.5 Å².